The van der Waals surface area contributed by atoms with Crippen molar-refractivity contribution in [3.8, 4) is 0 Å². The molecule has 0 bridgehead atoms. The minimum Gasteiger partial charge on any atom is -0.298 e. The van der Waals surface area contributed by atoms with Crippen molar-refractivity contribution in [3.63, 3.8) is 0 Å². The molecule has 8 heteroatoms. The molecule has 25 heavy (non-hydrogen) atoms. The number of benzene rings is 2. The summed E-state index contributed by atoms with van der Waals surface area (Å²) in [6.45, 7) is 0. The van der Waals surface area contributed by atoms with Gasteiger partial charge in [-0.25, -0.2) is 4.98 Å². The summed E-state index contributed by atoms with van der Waals surface area (Å²) in [5, 5.41) is 14.6. The van der Waals surface area contributed by atoms with Crippen molar-refractivity contribution in [2.45, 2.75) is 6.42 Å². The first-order chi connectivity index (χ1) is 12.2. The Kier molecular flexibility index (Phi) is 4.17. The maximum Gasteiger partial charge on any atom is 0.257 e. The van der Waals surface area contributed by atoms with E-state index >= 15 is 0 Å². The standard InChI is InChI=1S/C17H12ClN5OS/c18-13-4-2-1-3-10(13)7-12-9-19-17(25-12)20-16(24)11-5-6-14-15(8-11)22-23-21-14/h1-6,8-9H,7H2,(H,19,20,24)(H,21,22,23). The molecular weight excluding hydrogens is 358 g/mol. The lowest BCUT2D eigenvalue weighted by Crippen LogP contribution is -2.11. The van der Waals surface area contributed by atoms with Crippen LogP contribution in [0.2, 0.25) is 5.02 Å². The Morgan fingerprint density at radius 3 is 2.88 bits per heavy atom. The van der Waals surface area contributed by atoms with Crippen molar-refractivity contribution in [1.82, 2.24) is 20.4 Å². The van der Waals surface area contributed by atoms with Crippen LogP contribution in [-0.4, -0.2) is 26.3 Å². The number of aromatic amines is 1. The van der Waals surface area contributed by atoms with E-state index in [0.717, 1.165) is 15.5 Å². The second kappa shape index (κ2) is 6.62. The number of hydrogen-bond donors (Lipinski definition) is 2. The van der Waals surface area contributed by atoms with E-state index in [1.165, 1.54) is 11.3 Å². The molecule has 0 radical (unpaired) electrons. The molecule has 2 aromatic heterocycles. The van der Waals surface area contributed by atoms with Gasteiger partial charge in [-0.15, -0.1) is 11.3 Å². The Labute approximate surface area is 151 Å². The Balaban J connectivity index is 1.48. The van der Waals surface area contributed by atoms with Gasteiger partial charge >= 0.3 is 0 Å². The second-order valence-corrected chi connectivity index (χ2v) is 6.90. The molecule has 6 nitrogen and oxygen atoms in total. The molecule has 4 aromatic rings. The first kappa shape index (κ1) is 15.7. The van der Waals surface area contributed by atoms with Crippen molar-refractivity contribution in [3.05, 3.63) is 69.7 Å². The number of amides is 1. The van der Waals surface area contributed by atoms with E-state index in [1.807, 2.05) is 24.3 Å². The Morgan fingerprint density at radius 1 is 1.16 bits per heavy atom. The van der Waals surface area contributed by atoms with Crippen LogP contribution >= 0.6 is 22.9 Å². The van der Waals surface area contributed by atoms with E-state index in [1.54, 1.807) is 24.4 Å². The van der Waals surface area contributed by atoms with Crippen LogP contribution in [0.25, 0.3) is 11.0 Å². The van der Waals surface area contributed by atoms with E-state index in [0.29, 0.717) is 28.1 Å². The molecule has 124 valence electrons. The predicted molar refractivity (Wildman–Crippen MR) is 98.2 cm³/mol. The van der Waals surface area contributed by atoms with Crippen molar-refractivity contribution in [2.75, 3.05) is 5.32 Å². The number of aromatic nitrogens is 4. The number of H-pyrrole nitrogens is 1. The van der Waals surface area contributed by atoms with Gasteiger partial charge in [0.25, 0.3) is 5.91 Å². The third-order valence-corrected chi connectivity index (χ3v) is 4.96. The van der Waals surface area contributed by atoms with Gasteiger partial charge in [0.15, 0.2) is 5.13 Å². The molecule has 0 saturated carbocycles. The molecule has 0 aliphatic carbocycles. The Bertz CT molecular complexity index is 1060. The molecule has 0 saturated heterocycles. The van der Waals surface area contributed by atoms with Crippen molar-refractivity contribution in [1.29, 1.82) is 0 Å². The molecule has 2 heterocycles. The highest BCUT2D eigenvalue weighted by molar-refractivity contribution is 7.15. The monoisotopic (exact) mass is 369 g/mol. The Morgan fingerprint density at radius 2 is 2.00 bits per heavy atom. The summed E-state index contributed by atoms with van der Waals surface area (Å²) < 4.78 is 0. The van der Waals surface area contributed by atoms with E-state index in [2.05, 4.69) is 25.7 Å². The maximum absolute atomic E-state index is 12.4. The van der Waals surface area contributed by atoms with Crippen LogP contribution in [0.5, 0.6) is 0 Å². The predicted octanol–water partition coefficient (Wildman–Crippen LogP) is 3.91. The van der Waals surface area contributed by atoms with Gasteiger partial charge in [0, 0.05) is 28.1 Å². The van der Waals surface area contributed by atoms with Crippen LogP contribution < -0.4 is 5.32 Å². The van der Waals surface area contributed by atoms with Crippen molar-refractivity contribution < 1.29 is 4.79 Å². The van der Waals surface area contributed by atoms with Crippen molar-refractivity contribution in [2.24, 2.45) is 0 Å². The van der Waals surface area contributed by atoms with E-state index in [4.69, 9.17) is 11.6 Å². The van der Waals surface area contributed by atoms with E-state index in [9.17, 15) is 4.79 Å². The van der Waals surface area contributed by atoms with Gasteiger partial charge in [-0.1, -0.05) is 29.8 Å². The summed E-state index contributed by atoms with van der Waals surface area (Å²) in [4.78, 5) is 17.7. The third-order valence-electron chi connectivity index (χ3n) is 3.68. The fourth-order valence-corrected chi connectivity index (χ4v) is 3.46. The number of hydrogen-bond acceptors (Lipinski definition) is 5. The number of thiazole rings is 1. The zero-order valence-corrected chi connectivity index (χ0v) is 14.4. The quantitative estimate of drug-likeness (QED) is 0.571. The van der Waals surface area contributed by atoms with Crippen LogP contribution in [0.1, 0.15) is 20.8 Å². The average molecular weight is 370 g/mol. The van der Waals surface area contributed by atoms with Gasteiger partial charge in [-0.3, -0.25) is 10.1 Å². The smallest absolute Gasteiger partial charge is 0.257 e. The summed E-state index contributed by atoms with van der Waals surface area (Å²) in [5.74, 6) is -0.233. The number of carbonyl (C=O) groups excluding carboxylic acids is 1. The third kappa shape index (κ3) is 3.38. The minimum absolute atomic E-state index is 0.233. The highest BCUT2D eigenvalue weighted by atomic mass is 35.5. The van der Waals surface area contributed by atoms with Crippen LogP contribution in [-0.2, 0) is 6.42 Å². The number of halogens is 1. The van der Waals surface area contributed by atoms with Crippen molar-refractivity contribution >= 4 is 45.0 Å². The minimum atomic E-state index is -0.233. The number of anilines is 1. The summed E-state index contributed by atoms with van der Waals surface area (Å²) in [6.07, 6.45) is 2.43. The molecular formula is C17H12ClN5OS. The van der Waals surface area contributed by atoms with Gasteiger partial charge < -0.3 is 0 Å². The highest BCUT2D eigenvalue weighted by Crippen LogP contribution is 2.25. The molecule has 0 unspecified atom stereocenters. The zero-order chi connectivity index (χ0) is 17.2. The molecule has 2 aromatic carbocycles. The van der Waals surface area contributed by atoms with Gasteiger partial charge in [0.2, 0.25) is 0 Å². The van der Waals surface area contributed by atoms with Crippen LogP contribution in [0, 0.1) is 0 Å². The fourth-order valence-electron chi connectivity index (χ4n) is 2.43. The second-order valence-electron chi connectivity index (χ2n) is 5.38. The van der Waals surface area contributed by atoms with E-state index < -0.39 is 0 Å². The van der Waals surface area contributed by atoms with Crippen LogP contribution in [0.3, 0.4) is 0 Å². The van der Waals surface area contributed by atoms with Gasteiger partial charge in [-0.2, -0.15) is 15.4 Å². The first-order valence-electron chi connectivity index (χ1n) is 7.49. The largest absolute Gasteiger partial charge is 0.298 e. The number of carbonyl (C=O) groups is 1. The van der Waals surface area contributed by atoms with Crippen LogP contribution in [0.15, 0.2) is 48.7 Å². The number of rotatable bonds is 4. The molecule has 0 spiro atoms. The SMILES string of the molecule is O=C(Nc1ncc(Cc2ccccc2Cl)s1)c1ccc2n[nH]nc2c1. The summed E-state index contributed by atoms with van der Waals surface area (Å²) in [7, 11) is 0. The lowest BCUT2D eigenvalue weighted by atomic mass is 10.1. The summed E-state index contributed by atoms with van der Waals surface area (Å²) >= 11 is 7.61. The normalized spacial score (nSPS) is 10.9. The van der Waals surface area contributed by atoms with E-state index in [-0.39, 0.29) is 5.91 Å². The topological polar surface area (TPSA) is 83.6 Å². The molecule has 2 N–H and O–H groups in total. The molecule has 4 rings (SSSR count). The lowest BCUT2D eigenvalue weighted by Gasteiger charge is -2.02. The average Bonchev–Trinajstić information content (AvgIpc) is 3.25. The molecule has 0 atom stereocenters. The fraction of sp³-hybridized carbons (Fsp3) is 0.0588. The summed E-state index contributed by atoms with van der Waals surface area (Å²) in [6, 6.07) is 12.8. The number of fused-ring (bicyclic) bond motifs is 1. The number of nitrogens with one attached hydrogen (secondary N) is 2. The van der Waals surface area contributed by atoms with Gasteiger partial charge in [0.1, 0.15) is 11.0 Å². The molecule has 0 aliphatic heterocycles. The Hall–Kier alpha value is -2.77. The zero-order valence-electron chi connectivity index (χ0n) is 12.9. The lowest BCUT2D eigenvalue weighted by molar-refractivity contribution is 0.102. The number of nitrogens with zero attached hydrogens (tertiary/aromatic N) is 3. The van der Waals surface area contributed by atoms with Gasteiger partial charge in [-0.05, 0) is 29.8 Å². The molecule has 0 aliphatic rings. The highest BCUT2D eigenvalue weighted by Gasteiger charge is 2.11. The maximum atomic E-state index is 12.4. The van der Waals surface area contributed by atoms with Gasteiger partial charge in [0.05, 0.1) is 0 Å². The molecule has 0 fully saturated rings. The van der Waals surface area contributed by atoms with Crippen LogP contribution in [0.4, 0.5) is 5.13 Å². The summed E-state index contributed by atoms with van der Waals surface area (Å²) in [5.41, 5.74) is 2.89. The molecule has 1 amide bonds. The first-order valence-corrected chi connectivity index (χ1v) is 8.68.